The van der Waals surface area contributed by atoms with Crippen LogP contribution in [0.2, 0.25) is 0 Å². The van der Waals surface area contributed by atoms with Crippen LogP contribution >= 0.6 is 39.9 Å². The summed E-state index contributed by atoms with van der Waals surface area (Å²) in [6, 6.07) is 15.5. The average molecular weight is 589 g/mol. The third-order valence-electron chi connectivity index (χ3n) is 5.05. The number of hydrogen-bond donors (Lipinski definition) is 0. The normalized spacial score (nSPS) is 14.4. The average Bonchev–Trinajstić information content (AvgIpc) is 3.12. The topological polar surface area (TPSA) is 81.9 Å². The van der Waals surface area contributed by atoms with Gasteiger partial charge >= 0.3 is 0 Å². The molecule has 0 aromatic heterocycles. The maximum Gasteiger partial charge on any atom is 0.270 e. The molecule has 0 N–H and O–H groups in total. The fourth-order valence-electron chi connectivity index (χ4n) is 3.40. The van der Waals surface area contributed by atoms with E-state index in [1.54, 1.807) is 42.5 Å². The molecular formula is C25H18BrFN2O5S2. The van der Waals surface area contributed by atoms with E-state index in [4.69, 9.17) is 21.7 Å². The maximum atomic E-state index is 14.3. The molecular weight excluding hydrogens is 571 g/mol. The number of amides is 1. The Kier molecular flexibility index (Phi) is 8.02. The monoisotopic (exact) mass is 588 g/mol. The third-order valence-corrected chi connectivity index (χ3v) is 6.94. The summed E-state index contributed by atoms with van der Waals surface area (Å²) in [5.41, 5.74) is 1.51. The third kappa shape index (κ3) is 5.58. The number of nitrogens with zero attached hydrogens (tertiary/aromatic N) is 2. The Morgan fingerprint density at radius 2 is 1.89 bits per heavy atom. The molecule has 4 rings (SSSR count). The highest BCUT2D eigenvalue weighted by molar-refractivity contribution is 9.10. The van der Waals surface area contributed by atoms with Crippen LogP contribution in [0.5, 0.6) is 11.5 Å². The van der Waals surface area contributed by atoms with E-state index in [2.05, 4.69) is 15.9 Å². The second-order valence-electron chi connectivity index (χ2n) is 7.44. The second-order valence-corrected chi connectivity index (χ2v) is 9.97. The molecule has 1 heterocycles. The zero-order chi connectivity index (χ0) is 25.8. The van der Waals surface area contributed by atoms with Crippen molar-refractivity contribution in [3.05, 3.63) is 97.1 Å². The highest BCUT2D eigenvalue weighted by atomic mass is 79.9. The molecule has 0 saturated carbocycles. The van der Waals surface area contributed by atoms with Crippen LogP contribution in [0, 0.1) is 15.9 Å². The summed E-state index contributed by atoms with van der Waals surface area (Å²) in [5, 5.41) is 10.8. The van der Waals surface area contributed by atoms with E-state index in [1.165, 1.54) is 29.2 Å². The van der Waals surface area contributed by atoms with Gasteiger partial charge in [0.1, 0.15) is 12.4 Å². The van der Waals surface area contributed by atoms with Crippen LogP contribution in [0.25, 0.3) is 6.08 Å². The van der Waals surface area contributed by atoms with Gasteiger partial charge in [0.2, 0.25) is 0 Å². The zero-order valence-corrected chi connectivity index (χ0v) is 22.0. The van der Waals surface area contributed by atoms with Crippen molar-refractivity contribution in [1.82, 2.24) is 0 Å². The molecule has 3 aromatic rings. The van der Waals surface area contributed by atoms with E-state index >= 15 is 0 Å². The van der Waals surface area contributed by atoms with Crippen LogP contribution < -0.4 is 14.4 Å². The number of carbonyl (C=O) groups excluding carboxylic acids is 1. The number of para-hydroxylation sites is 1. The quantitative estimate of drug-likeness (QED) is 0.123. The lowest BCUT2D eigenvalue weighted by molar-refractivity contribution is -0.384. The van der Waals surface area contributed by atoms with Crippen molar-refractivity contribution >= 4 is 67.6 Å². The van der Waals surface area contributed by atoms with Crippen LogP contribution in [0.1, 0.15) is 18.1 Å². The van der Waals surface area contributed by atoms with Crippen LogP contribution in [0.4, 0.5) is 15.8 Å². The summed E-state index contributed by atoms with van der Waals surface area (Å²) in [6.45, 7) is 2.37. The molecule has 3 aromatic carbocycles. The molecule has 0 atom stereocenters. The van der Waals surface area contributed by atoms with E-state index in [0.717, 1.165) is 17.3 Å². The molecule has 184 valence electrons. The Labute approximate surface area is 224 Å². The van der Waals surface area contributed by atoms with Gasteiger partial charge in [0.25, 0.3) is 11.6 Å². The SMILES string of the molecule is CCOc1cc(/C=C2\SC(=S)N(c3ccccc3F)C2=O)cc(Br)c1OCc1ccc([N+](=O)[O-])cc1. The standard InChI is InChI=1S/C25H18BrFN2O5S2/c1-2-33-21-12-16(11-18(26)23(21)34-14-15-7-9-17(10-8-15)29(31)32)13-22-24(30)28(25(35)36-22)20-6-4-3-5-19(20)27/h3-13H,2,14H2,1H3/b22-13-. The molecule has 1 aliphatic heterocycles. The molecule has 1 amide bonds. The van der Waals surface area contributed by atoms with Gasteiger partial charge in [-0.25, -0.2) is 4.39 Å². The summed E-state index contributed by atoms with van der Waals surface area (Å²) in [7, 11) is 0. The van der Waals surface area contributed by atoms with Crippen LogP contribution in [0.15, 0.2) is 70.0 Å². The lowest BCUT2D eigenvalue weighted by Gasteiger charge is -2.15. The Morgan fingerprint density at radius 3 is 2.56 bits per heavy atom. The van der Waals surface area contributed by atoms with Gasteiger partial charge in [-0.2, -0.15) is 0 Å². The zero-order valence-electron chi connectivity index (χ0n) is 18.8. The van der Waals surface area contributed by atoms with Crippen molar-refractivity contribution in [3.63, 3.8) is 0 Å². The molecule has 0 radical (unpaired) electrons. The Bertz CT molecular complexity index is 1380. The van der Waals surface area contributed by atoms with E-state index < -0.39 is 16.6 Å². The van der Waals surface area contributed by atoms with Gasteiger partial charge in [0, 0.05) is 12.1 Å². The van der Waals surface area contributed by atoms with E-state index in [0.29, 0.717) is 33.0 Å². The summed E-state index contributed by atoms with van der Waals surface area (Å²) < 4.78 is 26.8. The van der Waals surface area contributed by atoms with Crippen LogP contribution in [-0.4, -0.2) is 21.8 Å². The number of carbonyl (C=O) groups is 1. The smallest absolute Gasteiger partial charge is 0.270 e. The molecule has 1 saturated heterocycles. The largest absolute Gasteiger partial charge is 0.490 e. The van der Waals surface area contributed by atoms with Gasteiger partial charge in [0.05, 0.1) is 26.6 Å². The molecule has 1 aliphatic rings. The highest BCUT2D eigenvalue weighted by Crippen LogP contribution is 2.41. The van der Waals surface area contributed by atoms with Crippen molar-refractivity contribution in [2.45, 2.75) is 13.5 Å². The summed E-state index contributed by atoms with van der Waals surface area (Å²) in [5.74, 6) is -0.0514. The molecule has 0 unspecified atom stereocenters. The van der Waals surface area contributed by atoms with E-state index in [9.17, 15) is 19.3 Å². The lowest BCUT2D eigenvalue weighted by atomic mass is 10.1. The number of non-ortho nitro benzene ring substituents is 1. The van der Waals surface area contributed by atoms with Gasteiger partial charge < -0.3 is 9.47 Å². The highest BCUT2D eigenvalue weighted by Gasteiger charge is 2.34. The second kappa shape index (κ2) is 11.2. The molecule has 11 heteroatoms. The number of thiocarbonyl (C=S) groups is 1. The Hall–Kier alpha value is -3.28. The van der Waals surface area contributed by atoms with E-state index in [-0.39, 0.29) is 22.3 Å². The summed E-state index contributed by atoms with van der Waals surface area (Å²) in [6.07, 6.45) is 1.66. The minimum Gasteiger partial charge on any atom is -0.490 e. The fourth-order valence-corrected chi connectivity index (χ4v) is 5.26. The minimum absolute atomic E-state index is 0.000273. The first-order valence-corrected chi connectivity index (χ1v) is 12.6. The molecule has 1 fully saturated rings. The summed E-state index contributed by atoms with van der Waals surface area (Å²) >= 11 is 9.93. The van der Waals surface area contributed by atoms with Gasteiger partial charge in [-0.3, -0.25) is 19.8 Å². The van der Waals surface area contributed by atoms with Gasteiger partial charge in [0.15, 0.2) is 15.8 Å². The van der Waals surface area contributed by atoms with Crippen LogP contribution in [-0.2, 0) is 11.4 Å². The number of thioether (sulfide) groups is 1. The van der Waals surface area contributed by atoms with Gasteiger partial charge in [-0.05, 0) is 76.5 Å². The number of nitro benzene ring substituents is 1. The van der Waals surface area contributed by atoms with Crippen molar-refractivity contribution in [3.8, 4) is 11.5 Å². The number of rotatable bonds is 8. The number of hydrogen-bond acceptors (Lipinski definition) is 7. The Balaban J connectivity index is 1.58. The van der Waals surface area contributed by atoms with Crippen molar-refractivity contribution in [2.75, 3.05) is 11.5 Å². The van der Waals surface area contributed by atoms with Crippen molar-refractivity contribution in [1.29, 1.82) is 0 Å². The maximum absolute atomic E-state index is 14.3. The Morgan fingerprint density at radius 1 is 1.17 bits per heavy atom. The fraction of sp³-hybridized carbons (Fsp3) is 0.120. The molecule has 7 nitrogen and oxygen atoms in total. The predicted octanol–water partition coefficient (Wildman–Crippen LogP) is 6.88. The lowest BCUT2D eigenvalue weighted by Crippen LogP contribution is -2.28. The van der Waals surface area contributed by atoms with Gasteiger partial charge in [-0.1, -0.05) is 36.1 Å². The minimum atomic E-state index is -0.536. The first-order chi connectivity index (χ1) is 17.3. The molecule has 0 spiro atoms. The van der Waals surface area contributed by atoms with Gasteiger partial charge in [-0.15, -0.1) is 0 Å². The number of ether oxygens (including phenoxy) is 2. The number of benzene rings is 3. The first kappa shape index (κ1) is 25.8. The van der Waals surface area contributed by atoms with Crippen molar-refractivity contribution in [2.24, 2.45) is 0 Å². The first-order valence-electron chi connectivity index (χ1n) is 10.6. The molecule has 36 heavy (non-hydrogen) atoms. The number of nitro groups is 1. The number of halogens is 2. The summed E-state index contributed by atoms with van der Waals surface area (Å²) in [4.78, 5) is 24.9. The number of anilines is 1. The van der Waals surface area contributed by atoms with Crippen molar-refractivity contribution < 1.29 is 23.6 Å². The predicted molar refractivity (Wildman–Crippen MR) is 145 cm³/mol. The molecule has 0 bridgehead atoms. The van der Waals surface area contributed by atoms with E-state index in [1.807, 2.05) is 6.92 Å². The molecule has 0 aliphatic carbocycles. The van der Waals surface area contributed by atoms with Crippen LogP contribution in [0.3, 0.4) is 0 Å².